The van der Waals surface area contributed by atoms with Gasteiger partial charge < -0.3 is 19.5 Å². The smallest absolute Gasteiger partial charge is 0.264 e. The van der Waals surface area contributed by atoms with Crippen LogP contribution in [0.5, 0.6) is 17.2 Å². The molecule has 0 spiro atoms. The number of fused-ring (bicyclic) bond motifs is 2. The molecule has 1 N–H and O–H groups in total. The summed E-state index contributed by atoms with van der Waals surface area (Å²) in [5, 5.41) is 2.78. The molecule has 9 heteroatoms. The van der Waals surface area contributed by atoms with Gasteiger partial charge in [-0.05, 0) is 60.0 Å². The van der Waals surface area contributed by atoms with Crippen LogP contribution in [0.1, 0.15) is 11.1 Å². The molecule has 0 saturated carbocycles. The van der Waals surface area contributed by atoms with Gasteiger partial charge in [0.1, 0.15) is 5.75 Å². The second-order valence-electron chi connectivity index (χ2n) is 7.68. The highest BCUT2D eigenvalue weighted by atomic mass is 32.2. The van der Waals surface area contributed by atoms with Crippen LogP contribution in [-0.2, 0) is 27.8 Å². The van der Waals surface area contributed by atoms with E-state index in [1.807, 2.05) is 36.4 Å². The standard InChI is InChI=1S/C24H22N2O6S/c27-24(25-14-17-5-10-22-23(13-17)32-16-31-22)15-30-19-6-8-20(9-7-19)33(28,29)26-12-11-18-3-1-2-4-21(18)26/h1-10,13H,11-12,14-16H2,(H,25,27). The molecule has 2 aliphatic heterocycles. The molecule has 0 aromatic heterocycles. The van der Waals surface area contributed by atoms with Gasteiger partial charge in [-0.2, -0.15) is 0 Å². The van der Waals surface area contributed by atoms with Crippen molar-refractivity contribution in [3.63, 3.8) is 0 Å². The number of ether oxygens (including phenoxy) is 3. The van der Waals surface area contributed by atoms with E-state index < -0.39 is 10.0 Å². The highest BCUT2D eigenvalue weighted by molar-refractivity contribution is 7.92. The van der Waals surface area contributed by atoms with E-state index in [2.05, 4.69) is 5.32 Å². The lowest BCUT2D eigenvalue weighted by Gasteiger charge is -2.19. The van der Waals surface area contributed by atoms with Crippen molar-refractivity contribution in [3.8, 4) is 17.2 Å². The van der Waals surface area contributed by atoms with Crippen LogP contribution in [0.15, 0.2) is 71.6 Å². The van der Waals surface area contributed by atoms with Crippen LogP contribution in [0, 0.1) is 0 Å². The highest BCUT2D eigenvalue weighted by Gasteiger charge is 2.30. The number of benzene rings is 3. The Bertz CT molecular complexity index is 1290. The number of amides is 1. The summed E-state index contributed by atoms with van der Waals surface area (Å²) in [6.07, 6.45) is 0.692. The molecule has 3 aromatic carbocycles. The fourth-order valence-electron chi connectivity index (χ4n) is 3.84. The first-order valence-corrected chi connectivity index (χ1v) is 11.9. The predicted octanol–water partition coefficient (Wildman–Crippen LogP) is 2.86. The second kappa shape index (κ2) is 8.67. The number of hydrogen-bond acceptors (Lipinski definition) is 6. The van der Waals surface area contributed by atoms with Gasteiger partial charge in [0.15, 0.2) is 18.1 Å². The molecule has 0 aliphatic carbocycles. The van der Waals surface area contributed by atoms with Crippen molar-refractivity contribution >= 4 is 21.6 Å². The first kappa shape index (κ1) is 21.1. The van der Waals surface area contributed by atoms with Crippen LogP contribution in [0.4, 0.5) is 5.69 Å². The first-order valence-electron chi connectivity index (χ1n) is 10.5. The molecule has 3 aromatic rings. The summed E-state index contributed by atoms with van der Waals surface area (Å²) in [6, 6.07) is 19.1. The van der Waals surface area contributed by atoms with Gasteiger partial charge in [0, 0.05) is 13.1 Å². The summed E-state index contributed by atoms with van der Waals surface area (Å²) < 4.78 is 43.7. The summed E-state index contributed by atoms with van der Waals surface area (Å²) in [5.41, 5.74) is 2.62. The van der Waals surface area contributed by atoms with Crippen molar-refractivity contribution < 1.29 is 27.4 Å². The number of para-hydroxylation sites is 1. The summed E-state index contributed by atoms with van der Waals surface area (Å²) >= 11 is 0. The van der Waals surface area contributed by atoms with Gasteiger partial charge >= 0.3 is 0 Å². The minimum Gasteiger partial charge on any atom is -0.484 e. The van der Waals surface area contributed by atoms with E-state index in [0.29, 0.717) is 36.8 Å². The van der Waals surface area contributed by atoms with Crippen molar-refractivity contribution in [1.82, 2.24) is 5.32 Å². The minimum atomic E-state index is -3.66. The summed E-state index contributed by atoms with van der Waals surface area (Å²) in [6.45, 7) is 0.761. The van der Waals surface area contributed by atoms with Crippen LogP contribution < -0.4 is 23.8 Å². The summed E-state index contributed by atoms with van der Waals surface area (Å²) in [7, 11) is -3.66. The Balaban J connectivity index is 1.16. The summed E-state index contributed by atoms with van der Waals surface area (Å²) in [5.74, 6) is 1.46. The van der Waals surface area contributed by atoms with Crippen molar-refractivity contribution in [3.05, 3.63) is 77.9 Å². The van der Waals surface area contributed by atoms with Crippen LogP contribution in [0.2, 0.25) is 0 Å². The van der Waals surface area contributed by atoms with Gasteiger partial charge in [-0.15, -0.1) is 0 Å². The minimum absolute atomic E-state index is 0.179. The number of sulfonamides is 1. The van der Waals surface area contributed by atoms with Gasteiger partial charge in [0.25, 0.3) is 15.9 Å². The normalized spacial score (nSPS) is 14.1. The Morgan fingerprint density at radius 3 is 2.64 bits per heavy atom. The molecule has 0 bridgehead atoms. The number of rotatable bonds is 7. The van der Waals surface area contributed by atoms with Gasteiger partial charge in [0.2, 0.25) is 6.79 Å². The third-order valence-electron chi connectivity index (χ3n) is 5.55. The van der Waals surface area contributed by atoms with Crippen molar-refractivity contribution in [2.75, 3.05) is 24.2 Å². The van der Waals surface area contributed by atoms with E-state index in [1.54, 1.807) is 18.2 Å². The average Bonchev–Trinajstić information content (AvgIpc) is 3.48. The Morgan fingerprint density at radius 1 is 1.00 bits per heavy atom. The molecule has 8 nitrogen and oxygen atoms in total. The predicted molar refractivity (Wildman–Crippen MR) is 121 cm³/mol. The fraction of sp³-hybridized carbons (Fsp3) is 0.208. The topological polar surface area (TPSA) is 94.2 Å². The zero-order valence-corrected chi connectivity index (χ0v) is 18.5. The molecule has 1 amide bonds. The zero-order chi connectivity index (χ0) is 22.8. The largest absolute Gasteiger partial charge is 0.484 e. The SMILES string of the molecule is O=C(COc1ccc(S(=O)(=O)N2CCc3ccccc32)cc1)NCc1ccc2c(c1)OCO2. The van der Waals surface area contributed by atoms with E-state index in [0.717, 1.165) is 16.8 Å². The maximum Gasteiger partial charge on any atom is 0.264 e. The second-order valence-corrected chi connectivity index (χ2v) is 9.54. The van der Waals surface area contributed by atoms with Crippen LogP contribution in [0.25, 0.3) is 0 Å². The Kier molecular flexibility index (Phi) is 5.55. The molecule has 0 saturated heterocycles. The van der Waals surface area contributed by atoms with Gasteiger partial charge in [-0.1, -0.05) is 24.3 Å². The van der Waals surface area contributed by atoms with Crippen molar-refractivity contribution in [2.24, 2.45) is 0 Å². The van der Waals surface area contributed by atoms with E-state index in [9.17, 15) is 13.2 Å². The van der Waals surface area contributed by atoms with E-state index in [4.69, 9.17) is 14.2 Å². The Morgan fingerprint density at radius 2 is 1.79 bits per heavy atom. The molecule has 0 fully saturated rings. The van der Waals surface area contributed by atoms with E-state index in [1.165, 1.54) is 16.4 Å². The third kappa shape index (κ3) is 4.31. The lowest BCUT2D eigenvalue weighted by molar-refractivity contribution is -0.123. The van der Waals surface area contributed by atoms with E-state index >= 15 is 0 Å². The number of carbonyl (C=O) groups excluding carboxylic acids is 1. The Labute approximate surface area is 191 Å². The molecule has 2 aliphatic rings. The number of anilines is 1. The third-order valence-corrected chi connectivity index (χ3v) is 7.38. The molecule has 5 rings (SSSR count). The molecule has 0 atom stereocenters. The number of hydrogen-bond donors (Lipinski definition) is 1. The molecule has 0 radical (unpaired) electrons. The number of carbonyl (C=O) groups is 1. The monoisotopic (exact) mass is 466 g/mol. The maximum atomic E-state index is 13.1. The van der Waals surface area contributed by atoms with Crippen molar-refractivity contribution in [1.29, 1.82) is 0 Å². The molecular formula is C24H22N2O6S. The van der Waals surface area contributed by atoms with Gasteiger partial charge in [0.05, 0.1) is 10.6 Å². The quantitative estimate of drug-likeness (QED) is 0.576. The summed E-state index contributed by atoms with van der Waals surface area (Å²) in [4.78, 5) is 12.3. The average molecular weight is 467 g/mol. The van der Waals surface area contributed by atoms with E-state index in [-0.39, 0.29) is 24.2 Å². The molecule has 2 heterocycles. The fourth-order valence-corrected chi connectivity index (χ4v) is 5.35. The maximum absolute atomic E-state index is 13.1. The molecule has 33 heavy (non-hydrogen) atoms. The van der Waals surface area contributed by atoms with Crippen LogP contribution in [0.3, 0.4) is 0 Å². The first-order chi connectivity index (χ1) is 16.0. The van der Waals surface area contributed by atoms with Crippen LogP contribution in [-0.4, -0.2) is 34.3 Å². The number of nitrogens with zero attached hydrogens (tertiary/aromatic N) is 1. The van der Waals surface area contributed by atoms with Gasteiger partial charge in [-0.25, -0.2) is 8.42 Å². The van der Waals surface area contributed by atoms with Crippen LogP contribution >= 0.6 is 0 Å². The highest BCUT2D eigenvalue weighted by Crippen LogP contribution is 2.33. The van der Waals surface area contributed by atoms with Crippen molar-refractivity contribution in [2.45, 2.75) is 17.9 Å². The molecule has 0 unspecified atom stereocenters. The number of nitrogens with one attached hydrogen (secondary N) is 1. The molecular weight excluding hydrogens is 444 g/mol. The zero-order valence-electron chi connectivity index (χ0n) is 17.7. The lowest BCUT2D eigenvalue weighted by atomic mass is 10.2. The lowest BCUT2D eigenvalue weighted by Crippen LogP contribution is -2.29. The Hall–Kier alpha value is -3.72. The van der Waals surface area contributed by atoms with Gasteiger partial charge in [-0.3, -0.25) is 9.10 Å². The molecule has 170 valence electrons.